The van der Waals surface area contributed by atoms with E-state index in [-0.39, 0.29) is 0 Å². The van der Waals surface area contributed by atoms with Gasteiger partial charge >= 0.3 is 0 Å². The molecule has 2 heterocycles. The molecular weight excluding hydrogens is 196 g/mol. The summed E-state index contributed by atoms with van der Waals surface area (Å²) in [4.78, 5) is 8.06. The number of thiazole rings is 1. The molecule has 2 aromatic heterocycles. The SMILES string of the molecule is ClCc1ncnn1-c1nccs1. The molecule has 0 atom stereocenters. The molecule has 0 aromatic carbocycles. The fourth-order valence-electron chi connectivity index (χ4n) is 0.837. The smallest absolute Gasteiger partial charge is 0.212 e. The molecule has 0 amide bonds. The van der Waals surface area contributed by atoms with Crippen molar-refractivity contribution in [2.45, 2.75) is 5.88 Å². The van der Waals surface area contributed by atoms with Gasteiger partial charge in [0.1, 0.15) is 12.2 Å². The second kappa shape index (κ2) is 3.20. The lowest BCUT2D eigenvalue weighted by Crippen LogP contribution is -2.00. The number of nitrogens with zero attached hydrogens (tertiary/aromatic N) is 4. The predicted octanol–water partition coefficient (Wildman–Crippen LogP) is 1.46. The van der Waals surface area contributed by atoms with E-state index in [1.165, 1.54) is 17.7 Å². The second-order valence-corrected chi connectivity index (χ2v) is 3.18. The summed E-state index contributed by atoms with van der Waals surface area (Å²) in [6, 6.07) is 0. The van der Waals surface area contributed by atoms with E-state index < -0.39 is 0 Å². The molecule has 0 aliphatic heterocycles. The monoisotopic (exact) mass is 200 g/mol. The van der Waals surface area contributed by atoms with Crippen molar-refractivity contribution in [3.8, 4) is 5.13 Å². The Morgan fingerprint density at radius 1 is 1.50 bits per heavy atom. The molecule has 0 aliphatic carbocycles. The zero-order valence-corrected chi connectivity index (χ0v) is 7.59. The van der Waals surface area contributed by atoms with E-state index in [9.17, 15) is 0 Å². The Bertz CT molecular complexity index is 355. The van der Waals surface area contributed by atoms with Gasteiger partial charge in [-0.15, -0.1) is 22.9 Å². The maximum atomic E-state index is 5.64. The zero-order chi connectivity index (χ0) is 8.39. The van der Waals surface area contributed by atoms with Gasteiger partial charge in [0, 0.05) is 11.6 Å². The summed E-state index contributed by atoms with van der Waals surface area (Å²) < 4.78 is 1.64. The third kappa shape index (κ3) is 1.21. The largest absolute Gasteiger partial charge is 0.227 e. The highest BCUT2D eigenvalue weighted by molar-refractivity contribution is 7.12. The van der Waals surface area contributed by atoms with Crippen molar-refractivity contribution in [2.24, 2.45) is 0 Å². The first kappa shape index (κ1) is 7.70. The van der Waals surface area contributed by atoms with Crippen molar-refractivity contribution in [1.29, 1.82) is 0 Å². The lowest BCUT2D eigenvalue weighted by Gasteiger charge is -1.96. The van der Waals surface area contributed by atoms with Crippen LogP contribution in [0.5, 0.6) is 0 Å². The lowest BCUT2D eigenvalue weighted by molar-refractivity contribution is 0.824. The van der Waals surface area contributed by atoms with Gasteiger partial charge in [0.05, 0.1) is 5.88 Å². The number of rotatable bonds is 2. The van der Waals surface area contributed by atoms with Gasteiger partial charge < -0.3 is 0 Å². The minimum absolute atomic E-state index is 0.347. The van der Waals surface area contributed by atoms with Gasteiger partial charge in [-0.3, -0.25) is 0 Å². The third-order valence-electron chi connectivity index (χ3n) is 1.34. The van der Waals surface area contributed by atoms with Crippen LogP contribution in [0.4, 0.5) is 0 Å². The van der Waals surface area contributed by atoms with Crippen LogP contribution >= 0.6 is 22.9 Å². The number of hydrogen-bond donors (Lipinski definition) is 0. The summed E-state index contributed by atoms with van der Waals surface area (Å²) >= 11 is 7.14. The van der Waals surface area contributed by atoms with E-state index in [1.807, 2.05) is 5.38 Å². The molecule has 0 fully saturated rings. The molecule has 12 heavy (non-hydrogen) atoms. The Morgan fingerprint density at radius 2 is 2.42 bits per heavy atom. The van der Waals surface area contributed by atoms with Gasteiger partial charge in [0.15, 0.2) is 0 Å². The lowest BCUT2D eigenvalue weighted by atomic mass is 10.7. The van der Waals surface area contributed by atoms with Crippen molar-refractivity contribution in [2.75, 3.05) is 0 Å². The predicted molar refractivity (Wildman–Crippen MR) is 46.6 cm³/mol. The van der Waals surface area contributed by atoms with Crippen molar-refractivity contribution in [3.63, 3.8) is 0 Å². The zero-order valence-electron chi connectivity index (χ0n) is 6.01. The molecular formula is C6H5ClN4S. The van der Waals surface area contributed by atoms with Crippen LogP contribution in [-0.4, -0.2) is 19.7 Å². The summed E-state index contributed by atoms with van der Waals surface area (Å²) in [5, 5.41) is 6.68. The molecule has 6 heteroatoms. The Hall–Kier alpha value is -0.940. The average Bonchev–Trinajstić information content (AvgIpc) is 2.74. The maximum absolute atomic E-state index is 5.64. The second-order valence-electron chi connectivity index (χ2n) is 2.04. The van der Waals surface area contributed by atoms with Gasteiger partial charge in [0.2, 0.25) is 5.13 Å². The van der Waals surface area contributed by atoms with Crippen molar-refractivity contribution in [1.82, 2.24) is 19.7 Å². The van der Waals surface area contributed by atoms with Crippen molar-refractivity contribution >= 4 is 22.9 Å². The summed E-state index contributed by atoms with van der Waals surface area (Å²) in [5.41, 5.74) is 0. The molecule has 62 valence electrons. The number of hydrogen-bond acceptors (Lipinski definition) is 4. The normalized spacial score (nSPS) is 10.4. The van der Waals surface area contributed by atoms with Gasteiger partial charge in [-0.25, -0.2) is 9.97 Å². The first-order valence-corrected chi connectivity index (χ1v) is 4.68. The topological polar surface area (TPSA) is 43.6 Å². The highest BCUT2D eigenvalue weighted by atomic mass is 35.5. The summed E-state index contributed by atoms with van der Waals surface area (Å²) in [7, 11) is 0. The number of alkyl halides is 1. The van der Waals surface area contributed by atoms with Crippen LogP contribution < -0.4 is 0 Å². The van der Waals surface area contributed by atoms with E-state index >= 15 is 0 Å². The van der Waals surface area contributed by atoms with Gasteiger partial charge in [-0.05, 0) is 0 Å². The quantitative estimate of drug-likeness (QED) is 0.690. The molecule has 0 saturated carbocycles. The van der Waals surface area contributed by atoms with E-state index in [1.54, 1.807) is 10.9 Å². The summed E-state index contributed by atoms with van der Waals surface area (Å²) in [5.74, 6) is 1.06. The van der Waals surface area contributed by atoms with E-state index in [0.717, 1.165) is 5.13 Å². The van der Waals surface area contributed by atoms with Crippen molar-refractivity contribution in [3.05, 3.63) is 23.7 Å². The van der Waals surface area contributed by atoms with Crippen molar-refractivity contribution < 1.29 is 0 Å². The maximum Gasteiger partial charge on any atom is 0.212 e. The van der Waals surface area contributed by atoms with Crippen LogP contribution in [0.3, 0.4) is 0 Å². The molecule has 0 unspecified atom stereocenters. The Morgan fingerprint density at radius 3 is 3.08 bits per heavy atom. The minimum atomic E-state index is 0.347. The molecule has 4 nitrogen and oxygen atoms in total. The van der Waals surface area contributed by atoms with E-state index in [2.05, 4.69) is 15.1 Å². The molecule has 0 spiro atoms. The van der Waals surface area contributed by atoms with Gasteiger partial charge in [-0.1, -0.05) is 0 Å². The molecule has 0 N–H and O–H groups in total. The van der Waals surface area contributed by atoms with Crippen LogP contribution in [0.2, 0.25) is 0 Å². The van der Waals surface area contributed by atoms with Crippen LogP contribution in [-0.2, 0) is 5.88 Å². The minimum Gasteiger partial charge on any atom is -0.227 e. The number of halogens is 1. The Kier molecular flexibility index (Phi) is 2.05. The average molecular weight is 201 g/mol. The first-order valence-electron chi connectivity index (χ1n) is 3.26. The highest BCUT2D eigenvalue weighted by Gasteiger charge is 2.05. The summed E-state index contributed by atoms with van der Waals surface area (Å²) in [6.45, 7) is 0. The van der Waals surface area contributed by atoms with Crippen LogP contribution in [0.25, 0.3) is 5.13 Å². The third-order valence-corrected chi connectivity index (χ3v) is 2.32. The molecule has 0 radical (unpaired) electrons. The van der Waals surface area contributed by atoms with E-state index in [0.29, 0.717) is 11.7 Å². The van der Waals surface area contributed by atoms with Gasteiger partial charge in [0.25, 0.3) is 0 Å². The van der Waals surface area contributed by atoms with Crippen LogP contribution in [0.15, 0.2) is 17.9 Å². The standard InChI is InChI=1S/C6H5ClN4S/c7-3-5-9-4-10-11(5)6-8-1-2-12-6/h1-2,4H,3H2. The molecule has 0 bridgehead atoms. The van der Waals surface area contributed by atoms with Crippen LogP contribution in [0, 0.1) is 0 Å². The van der Waals surface area contributed by atoms with Gasteiger partial charge in [-0.2, -0.15) is 9.78 Å². The van der Waals surface area contributed by atoms with E-state index in [4.69, 9.17) is 11.6 Å². The first-order chi connectivity index (χ1) is 5.92. The Balaban J connectivity index is 2.46. The highest BCUT2D eigenvalue weighted by Crippen LogP contribution is 2.12. The summed E-state index contributed by atoms with van der Waals surface area (Å²) in [6.07, 6.45) is 3.19. The Labute approximate surface area is 77.8 Å². The molecule has 2 aromatic rings. The molecule has 0 saturated heterocycles. The fourth-order valence-corrected chi connectivity index (χ4v) is 1.64. The number of aromatic nitrogens is 4. The fraction of sp³-hybridized carbons (Fsp3) is 0.167. The molecule has 0 aliphatic rings. The molecule has 2 rings (SSSR count). The van der Waals surface area contributed by atoms with Crippen LogP contribution in [0.1, 0.15) is 5.82 Å².